The number of nitrogens with one attached hydrogen (secondary N) is 1. The summed E-state index contributed by atoms with van der Waals surface area (Å²) >= 11 is 3.42. The van der Waals surface area contributed by atoms with E-state index in [9.17, 15) is 9.59 Å². The summed E-state index contributed by atoms with van der Waals surface area (Å²) in [6.07, 6.45) is 0. The van der Waals surface area contributed by atoms with Gasteiger partial charge in [0.25, 0.3) is 5.91 Å². The van der Waals surface area contributed by atoms with Crippen LogP contribution in [0.4, 0.5) is 11.4 Å². The number of halogens is 1. The number of rotatable bonds is 3. The molecule has 1 aliphatic heterocycles. The van der Waals surface area contributed by atoms with E-state index in [0.717, 1.165) is 20.9 Å². The lowest BCUT2D eigenvalue weighted by Crippen LogP contribution is -2.44. The second kappa shape index (κ2) is 6.01. The van der Waals surface area contributed by atoms with Crippen molar-refractivity contribution < 1.29 is 9.59 Å². The first kappa shape index (κ1) is 15.8. The molecule has 0 aromatic heterocycles. The highest BCUT2D eigenvalue weighted by Crippen LogP contribution is 2.38. The number of anilines is 2. The average molecular weight is 395 g/mol. The fourth-order valence-electron chi connectivity index (χ4n) is 3.24. The number of carbonyl (C=O) groups excluding carboxylic acids is 2. The van der Waals surface area contributed by atoms with Gasteiger partial charge in [-0.25, -0.2) is 0 Å². The highest BCUT2D eigenvalue weighted by atomic mass is 79.9. The molecule has 5 heteroatoms. The maximum atomic E-state index is 12.9. The van der Waals surface area contributed by atoms with Crippen molar-refractivity contribution in [2.45, 2.75) is 13.0 Å². The minimum Gasteiger partial charge on any atom is -0.323 e. The molecule has 1 heterocycles. The first-order chi connectivity index (χ1) is 12.1. The second-order valence-electron chi connectivity index (χ2n) is 6.00. The van der Waals surface area contributed by atoms with Crippen molar-refractivity contribution in [1.82, 2.24) is 0 Å². The second-order valence-corrected chi connectivity index (χ2v) is 6.86. The largest absolute Gasteiger partial charge is 0.323 e. The molecule has 2 amide bonds. The summed E-state index contributed by atoms with van der Waals surface area (Å²) in [6.45, 7) is 1.74. The first-order valence-electron chi connectivity index (χ1n) is 7.98. The van der Waals surface area contributed by atoms with Crippen LogP contribution in [0, 0.1) is 0 Å². The molecule has 1 unspecified atom stereocenters. The average Bonchev–Trinajstić information content (AvgIpc) is 2.91. The van der Waals surface area contributed by atoms with Crippen LogP contribution in [0.25, 0.3) is 10.8 Å². The summed E-state index contributed by atoms with van der Waals surface area (Å²) in [7, 11) is 0. The molecular weight excluding hydrogens is 380 g/mol. The Morgan fingerprint density at radius 3 is 2.52 bits per heavy atom. The van der Waals surface area contributed by atoms with Crippen LogP contribution in [-0.4, -0.2) is 17.9 Å². The van der Waals surface area contributed by atoms with Gasteiger partial charge in [0.1, 0.15) is 6.04 Å². The third-order valence-corrected chi connectivity index (χ3v) is 5.18. The van der Waals surface area contributed by atoms with Gasteiger partial charge in [-0.15, -0.1) is 0 Å². The quantitative estimate of drug-likeness (QED) is 0.705. The molecule has 25 heavy (non-hydrogen) atoms. The summed E-state index contributed by atoms with van der Waals surface area (Å²) in [5.74, 6) is -0.369. The van der Waals surface area contributed by atoms with Gasteiger partial charge in [0.15, 0.2) is 0 Å². The lowest BCUT2D eigenvalue weighted by molar-refractivity contribution is -0.117. The summed E-state index contributed by atoms with van der Waals surface area (Å²) in [6, 6.07) is 18.2. The number of benzene rings is 3. The van der Waals surface area contributed by atoms with Crippen molar-refractivity contribution in [3.63, 3.8) is 0 Å². The van der Waals surface area contributed by atoms with Crippen molar-refractivity contribution >= 4 is 49.9 Å². The van der Waals surface area contributed by atoms with Crippen LogP contribution in [0.15, 0.2) is 65.1 Å². The third-order valence-electron chi connectivity index (χ3n) is 4.49. The monoisotopic (exact) mass is 394 g/mol. The van der Waals surface area contributed by atoms with Gasteiger partial charge in [-0.05, 0) is 52.5 Å². The topological polar surface area (TPSA) is 49.4 Å². The van der Waals surface area contributed by atoms with Crippen molar-refractivity contribution in [3.05, 3.63) is 70.7 Å². The van der Waals surface area contributed by atoms with E-state index in [0.29, 0.717) is 11.3 Å². The molecule has 1 N–H and O–H groups in total. The van der Waals surface area contributed by atoms with Gasteiger partial charge in [0.2, 0.25) is 5.91 Å². The molecule has 0 radical (unpaired) electrons. The molecule has 0 bridgehead atoms. The molecule has 1 aliphatic rings. The zero-order chi connectivity index (χ0) is 17.6. The van der Waals surface area contributed by atoms with Gasteiger partial charge in [-0.1, -0.05) is 36.4 Å². The Morgan fingerprint density at radius 1 is 1.04 bits per heavy atom. The van der Waals surface area contributed by atoms with Gasteiger partial charge in [0.05, 0.1) is 11.4 Å². The van der Waals surface area contributed by atoms with Crippen LogP contribution < -0.4 is 10.2 Å². The summed E-state index contributed by atoms with van der Waals surface area (Å²) in [5.41, 5.74) is 2.11. The predicted molar refractivity (Wildman–Crippen MR) is 103 cm³/mol. The lowest BCUT2D eigenvalue weighted by Gasteiger charge is -2.25. The van der Waals surface area contributed by atoms with E-state index in [1.54, 1.807) is 11.8 Å². The van der Waals surface area contributed by atoms with E-state index >= 15 is 0 Å². The molecule has 0 aliphatic carbocycles. The van der Waals surface area contributed by atoms with E-state index in [1.807, 2.05) is 60.7 Å². The fraction of sp³-hybridized carbons (Fsp3) is 0.100. The molecule has 1 atom stereocenters. The minimum absolute atomic E-state index is 0.137. The highest BCUT2D eigenvalue weighted by molar-refractivity contribution is 9.10. The Bertz CT molecular complexity index is 1010. The predicted octanol–water partition coefficient (Wildman–Crippen LogP) is 4.59. The molecule has 0 spiro atoms. The Kier molecular flexibility index (Phi) is 3.81. The van der Waals surface area contributed by atoms with E-state index in [4.69, 9.17) is 0 Å². The SMILES string of the molecule is CC(C(=O)Nc1ccccc1Br)N1C(=O)c2cccc3cccc1c23. The van der Waals surface area contributed by atoms with Gasteiger partial charge >= 0.3 is 0 Å². The van der Waals surface area contributed by atoms with E-state index in [1.165, 1.54) is 0 Å². The molecule has 3 aromatic rings. The van der Waals surface area contributed by atoms with Crippen LogP contribution >= 0.6 is 15.9 Å². The van der Waals surface area contributed by atoms with Crippen LogP contribution in [0.5, 0.6) is 0 Å². The first-order valence-corrected chi connectivity index (χ1v) is 8.78. The van der Waals surface area contributed by atoms with Gasteiger partial charge in [0, 0.05) is 15.4 Å². The maximum absolute atomic E-state index is 12.9. The lowest BCUT2D eigenvalue weighted by atomic mass is 10.1. The standard InChI is InChI=1S/C20H15BrN2O2/c1-12(19(24)22-16-10-3-2-9-15(16)21)23-17-11-5-7-13-6-4-8-14(18(13)17)20(23)25/h2-12H,1H3,(H,22,24). The molecule has 0 saturated heterocycles. The van der Waals surface area contributed by atoms with E-state index < -0.39 is 6.04 Å². The van der Waals surface area contributed by atoms with Crippen LogP contribution in [0.3, 0.4) is 0 Å². The molecular formula is C20H15BrN2O2. The molecule has 0 fully saturated rings. The number of hydrogen-bond donors (Lipinski definition) is 1. The number of hydrogen-bond acceptors (Lipinski definition) is 2. The maximum Gasteiger partial charge on any atom is 0.259 e. The van der Waals surface area contributed by atoms with Crippen LogP contribution in [-0.2, 0) is 4.79 Å². The Morgan fingerprint density at radius 2 is 1.76 bits per heavy atom. The van der Waals surface area contributed by atoms with Gasteiger partial charge in [-0.3, -0.25) is 14.5 Å². The molecule has 0 saturated carbocycles. The fourth-order valence-corrected chi connectivity index (χ4v) is 3.62. The zero-order valence-electron chi connectivity index (χ0n) is 13.5. The number of carbonyl (C=O) groups is 2. The van der Waals surface area contributed by atoms with E-state index in [-0.39, 0.29) is 11.8 Å². The van der Waals surface area contributed by atoms with Gasteiger partial charge in [-0.2, -0.15) is 0 Å². The minimum atomic E-state index is -0.627. The number of para-hydroxylation sites is 1. The normalized spacial score (nSPS) is 14.0. The molecule has 124 valence electrons. The van der Waals surface area contributed by atoms with Gasteiger partial charge < -0.3 is 5.32 Å². The Hall–Kier alpha value is -2.66. The summed E-state index contributed by atoms with van der Waals surface area (Å²) < 4.78 is 0.800. The molecule has 3 aromatic carbocycles. The highest BCUT2D eigenvalue weighted by Gasteiger charge is 2.35. The van der Waals surface area contributed by atoms with Crippen molar-refractivity contribution in [2.24, 2.45) is 0 Å². The summed E-state index contributed by atoms with van der Waals surface area (Å²) in [5, 5.41) is 4.80. The molecule has 4 nitrogen and oxygen atoms in total. The number of amides is 2. The summed E-state index contributed by atoms with van der Waals surface area (Å²) in [4.78, 5) is 27.2. The Labute approximate surface area is 153 Å². The molecule has 4 rings (SSSR count). The Balaban J connectivity index is 1.69. The third kappa shape index (κ3) is 2.51. The zero-order valence-corrected chi connectivity index (χ0v) is 15.1. The van der Waals surface area contributed by atoms with Crippen LogP contribution in [0.1, 0.15) is 17.3 Å². The number of nitrogens with zero attached hydrogens (tertiary/aromatic N) is 1. The van der Waals surface area contributed by atoms with E-state index in [2.05, 4.69) is 21.2 Å². The van der Waals surface area contributed by atoms with Crippen molar-refractivity contribution in [2.75, 3.05) is 10.2 Å². The smallest absolute Gasteiger partial charge is 0.259 e. The van der Waals surface area contributed by atoms with Crippen molar-refractivity contribution in [1.29, 1.82) is 0 Å². The van der Waals surface area contributed by atoms with Crippen LogP contribution in [0.2, 0.25) is 0 Å². The van der Waals surface area contributed by atoms with Crippen molar-refractivity contribution in [3.8, 4) is 0 Å².